The van der Waals surface area contributed by atoms with Crippen molar-refractivity contribution in [2.75, 3.05) is 13.1 Å². The molecule has 0 N–H and O–H groups in total. The number of benzene rings is 1. The first kappa shape index (κ1) is 14.4. The van der Waals surface area contributed by atoms with E-state index in [2.05, 4.69) is 5.16 Å². The Morgan fingerprint density at radius 3 is 2.61 bits per heavy atom. The summed E-state index contributed by atoms with van der Waals surface area (Å²) in [6.07, 6.45) is 4.93. The van der Waals surface area contributed by atoms with E-state index >= 15 is 0 Å². The monoisotopic (exact) mass is 314 g/mol. The zero-order valence-electron chi connectivity index (χ0n) is 12.9. The van der Waals surface area contributed by atoms with E-state index in [1.165, 1.54) is 12.5 Å². The number of hydrogen-bond acceptors (Lipinski definition) is 3. The zero-order valence-corrected chi connectivity index (χ0v) is 12.9. The van der Waals surface area contributed by atoms with Crippen molar-refractivity contribution in [3.63, 3.8) is 0 Å². The Bertz CT molecular complexity index is 730. The third-order valence-electron chi connectivity index (χ3n) is 4.94. The predicted octanol–water partition coefficient (Wildman–Crippen LogP) is 3.52. The average molecular weight is 314 g/mol. The Morgan fingerprint density at radius 1 is 1.17 bits per heavy atom. The van der Waals surface area contributed by atoms with Crippen molar-refractivity contribution in [2.24, 2.45) is 0 Å². The topological polar surface area (TPSA) is 46.3 Å². The van der Waals surface area contributed by atoms with E-state index in [4.69, 9.17) is 4.52 Å². The molecule has 2 aliphatic rings. The van der Waals surface area contributed by atoms with E-state index < -0.39 is 5.41 Å². The summed E-state index contributed by atoms with van der Waals surface area (Å²) in [5.41, 5.74) is 0.489. The number of likely N-dealkylation sites (tertiary alicyclic amines) is 1. The van der Waals surface area contributed by atoms with Crippen LogP contribution in [0.15, 0.2) is 34.9 Å². The molecule has 0 atom stereocenters. The molecule has 1 aromatic heterocycles. The number of piperidine rings is 1. The van der Waals surface area contributed by atoms with Gasteiger partial charge in [-0.25, -0.2) is 4.39 Å². The van der Waals surface area contributed by atoms with Crippen molar-refractivity contribution in [1.29, 1.82) is 0 Å². The number of carbonyl (C=O) groups is 1. The van der Waals surface area contributed by atoms with Crippen LogP contribution < -0.4 is 0 Å². The summed E-state index contributed by atoms with van der Waals surface area (Å²) in [5.74, 6) is 0.198. The van der Waals surface area contributed by atoms with Crippen molar-refractivity contribution < 1.29 is 13.7 Å². The molecule has 1 saturated heterocycles. The fourth-order valence-corrected chi connectivity index (χ4v) is 3.39. The van der Waals surface area contributed by atoms with Crippen LogP contribution in [-0.4, -0.2) is 29.1 Å². The molecule has 0 unspecified atom stereocenters. The van der Waals surface area contributed by atoms with E-state index in [1.54, 1.807) is 24.3 Å². The van der Waals surface area contributed by atoms with Crippen LogP contribution in [0.2, 0.25) is 0 Å². The van der Waals surface area contributed by atoms with E-state index in [0.29, 0.717) is 17.0 Å². The van der Waals surface area contributed by atoms with Gasteiger partial charge in [-0.1, -0.05) is 17.3 Å². The van der Waals surface area contributed by atoms with E-state index in [-0.39, 0.29) is 11.7 Å². The largest absolute Gasteiger partial charge is 0.356 e. The Labute approximate surface area is 134 Å². The smallest absolute Gasteiger partial charge is 0.234 e. The fourth-order valence-electron chi connectivity index (χ4n) is 3.39. The number of aromatic nitrogens is 1. The van der Waals surface area contributed by atoms with Gasteiger partial charge in [-0.2, -0.15) is 0 Å². The van der Waals surface area contributed by atoms with Crippen LogP contribution in [0.3, 0.4) is 0 Å². The lowest BCUT2D eigenvalue weighted by atomic mass is 9.98. The molecule has 2 fully saturated rings. The van der Waals surface area contributed by atoms with Gasteiger partial charge in [0.25, 0.3) is 0 Å². The highest BCUT2D eigenvalue weighted by atomic mass is 19.1. The summed E-state index contributed by atoms with van der Waals surface area (Å²) < 4.78 is 19.2. The van der Waals surface area contributed by atoms with Crippen LogP contribution in [0, 0.1) is 5.82 Å². The van der Waals surface area contributed by atoms with Crippen LogP contribution in [0.4, 0.5) is 4.39 Å². The molecule has 1 saturated carbocycles. The molecule has 2 aromatic rings. The highest BCUT2D eigenvalue weighted by molar-refractivity contribution is 5.91. The van der Waals surface area contributed by atoms with Crippen LogP contribution in [0.5, 0.6) is 0 Å². The van der Waals surface area contributed by atoms with Gasteiger partial charge in [0.2, 0.25) is 5.91 Å². The molecule has 1 amide bonds. The van der Waals surface area contributed by atoms with Gasteiger partial charge in [-0.05, 0) is 44.2 Å². The van der Waals surface area contributed by atoms with Crippen LogP contribution in [0.1, 0.15) is 37.8 Å². The third-order valence-corrected chi connectivity index (χ3v) is 4.94. The predicted molar refractivity (Wildman–Crippen MR) is 83.2 cm³/mol. The molecule has 0 radical (unpaired) electrons. The average Bonchev–Trinajstić information content (AvgIpc) is 3.26. The van der Waals surface area contributed by atoms with E-state index in [9.17, 15) is 9.18 Å². The standard InChI is InChI=1S/C18H19FN2O2/c19-14-7-3-2-6-13(14)15-12-16(20-23-15)18(8-9-18)17(22)21-10-4-1-5-11-21/h2-3,6-7,12H,1,4-5,8-11H2. The second kappa shape index (κ2) is 5.48. The molecule has 0 spiro atoms. The minimum absolute atomic E-state index is 0.158. The Morgan fingerprint density at radius 2 is 1.91 bits per heavy atom. The van der Waals surface area contributed by atoms with Crippen molar-refractivity contribution in [1.82, 2.24) is 10.1 Å². The second-order valence-electron chi connectivity index (χ2n) is 6.49. The van der Waals surface area contributed by atoms with Gasteiger partial charge in [0, 0.05) is 19.2 Å². The number of carbonyl (C=O) groups excluding carboxylic acids is 1. The van der Waals surface area contributed by atoms with Crippen LogP contribution in [-0.2, 0) is 10.2 Å². The summed E-state index contributed by atoms with van der Waals surface area (Å²) >= 11 is 0. The number of hydrogen-bond donors (Lipinski definition) is 0. The van der Waals surface area contributed by atoms with Gasteiger partial charge in [0.1, 0.15) is 5.82 Å². The number of rotatable bonds is 3. The second-order valence-corrected chi connectivity index (χ2v) is 6.49. The van der Waals surface area contributed by atoms with Crippen molar-refractivity contribution >= 4 is 5.91 Å². The molecule has 120 valence electrons. The van der Waals surface area contributed by atoms with E-state index in [1.807, 2.05) is 4.90 Å². The highest BCUT2D eigenvalue weighted by Crippen LogP contribution is 2.50. The van der Waals surface area contributed by atoms with Gasteiger partial charge in [-0.15, -0.1) is 0 Å². The summed E-state index contributed by atoms with van der Waals surface area (Å²) in [5, 5.41) is 4.09. The van der Waals surface area contributed by atoms with Crippen LogP contribution >= 0.6 is 0 Å². The maximum Gasteiger partial charge on any atom is 0.234 e. The van der Waals surface area contributed by atoms with Gasteiger partial charge >= 0.3 is 0 Å². The number of halogens is 1. The maximum absolute atomic E-state index is 13.9. The summed E-state index contributed by atoms with van der Waals surface area (Å²) in [7, 11) is 0. The Kier molecular flexibility index (Phi) is 3.43. The lowest BCUT2D eigenvalue weighted by molar-refractivity contribution is -0.135. The third kappa shape index (κ3) is 2.44. The Balaban J connectivity index is 1.61. The fraction of sp³-hybridized carbons (Fsp3) is 0.444. The minimum Gasteiger partial charge on any atom is -0.356 e. The van der Waals surface area contributed by atoms with Crippen molar-refractivity contribution in [3.8, 4) is 11.3 Å². The Hall–Kier alpha value is -2.17. The van der Waals surface area contributed by atoms with Crippen molar-refractivity contribution in [2.45, 2.75) is 37.5 Å². The first-order valence-corrected chi connectivity index (χ1v) is 8.22. The molecule has 23 heavy (non-hydrogen) atoms. The lowest BCUT2D eigenvalue weighted by Gasteiger charge is -2.29. The molecule has 4 rings (SSSR count). The molecule has 1 aromatic carbocycles. The van der Waals surface area contributed by atoms with E-state index in [0.717, 1.165) is 38.8 Å². The highest BCUT2D eigenvalue weighted by Gasteiger charge is 2.55. The molecule has 0 bridgehead atoms. The SMILES string of the molecule is O=C(N1CCCCC1)C1(c2cc(-c3ccccc3F)on2)CC1. The zero-order chi connectivity index (χ0) is 15.9. The van der Waals surface area contributed by atoms with Gasteiger partial charge in [-0.3, -0.25) is 4.79 Å². The molecule has 1 aliphatic heterocycles. The first-order chi connectivity index (χ1) is 11.2. The molecule has 4 nitrogen and oxygen atoms in total. The molecular weight excluding hydrogens is 295 g/mol. The van der Waals surface area contributed by atoms with Crippen LogP contribution in [0.25, 0.3) is 11.3 Å². The number of nitrogens with zero attached hydrogens (tertiary/aromatic N) is 2. The normalized spacial score (nSPS) is 19.6. The van der Waals surface area contributed by atoms with Gasteiger partial charge in [0.05, 0.1) is 16.7 Å². The quantitative estimate of drug-likeness (QED) is 0.871. The number of amides is 1. The van der Waals surface area contributed by atoms with Gasteiger partial charge in [0.15, 0.2) is 5.76 Å². The molecule has 2 heterocycles. The van der Waals surface area contributed by atoms with Crippen molar-refractivity contribution in [3.05, 3.63) is 41.8 Å². The summed E-state index contributed by atoms with van der Waals surface area (Å²) in [6.45, 7) is 1.66. The molecule has 5 heteroatoms. The first-order valence-electron chi connectivity index (χ1n) is 8.22. The van der Waals surface area contributed by atoms with Gasteiger partial charge < -0.3 is 9.42 Å². The molecular formula is C18H19FN2O2. The minimum atomic E-state index is -0.537. The lowest BCUT2D eigenvalue weighted by Crippen LogP contribution is -2.42. The maximum atomic E-state index is 13.9. The molecule has 1 aliphatic carbocycles. The summed E-state index contributed by atoms with van der Waals surface area (Å²) in [4.78, 5) is 14.8. The summed E-state index contributed by atoms with van der Waals surface area (Å²) in [6, 6.07) is 8.17.